The van der Waals surface area contributed by atoms with E-state index in [2.05, 4.69) is 20.7 Å². The van der Waals surface area contributed by atoms with Gasteiger partial charge in [-0.05, 0) is 49.2 Å². The van der Waals surface area contributed by atoms with Crippen LogP contribution in [0.5, 0.6) is 0 Å². The second-order valence-corrected chi connectivity index (χ2v) is 7.88. The van der Waals surface area contributed by atoms with E-state index in [-0.39, 0.29) is 6.54 Å². The van der Waals surface area contributed by atoms with Crippen LogP contribution in [0.25, 0.3) is 0 Å². The molecule has 0 saturated heterocycles. The van der Waals surface area contributed by atoms with Crippen molar-refractivity contribution in [2.24, 2.45) is 0 Å². The van der Waals surface area contributed by atoms with Gasteiger partial charge in [-0.25, -0.2) is 13.2 Å². The van der Waals surface area contributed by atoms with Crippen molar-refractivity contribution in [1.29, 1.82) is 0 Å². The third-order valence-electron chi connectivity index (χ3n) is 3.50. The molecule has 4 N–H and O–H groups in total. The fourth-order valence-corrected chi connectivity index (χ4v) is 2.89. The van der Waals surface area contributed by atoms with E-state index in [4.69, 9.17) is 0 Å². The molecule has 0 heterocycles. The topological polar surface area (TPSA) is 116 Å². The fourth-order valence-electron chi connectivity index (χ4n) is 2.27. The van der Waals surface area contributed by atoms with Crippen molar-refractivity contribution < 1.29 is 18.0 Å². The van der Waals surface area contributed by atoms with Crippen molar-refractivity contribution in [3.05, 3.63) is 53.6 Å². The summed E-state index contributed by atoms with van der Waals surface area (Å²) >= 11 is 0. The normalized spacial score (nSPS) is 10.8. The SMILES string of the molecule is Cc1cccc(NC(=O)NCC(=O)Nc2ccc(C)c(NS(C)(=O)=O)c2)c1. The summed E-state index contributed by atoms with van der Waals surface area (Å²) in [6.45, 7) is 3.42. The van der Waals surface area contributed by atoms with E-state index in [9.17, 15) is 18.0 Å². The first-order valence-electron chi connectivity index (χ1n) is 8.12. The molecule has 9 heteroatoms. The van der Waals surface area contributed by atoms with Crippen molar-refractivity contribution in [2.75, 3.05) is 28.2 Å². The van der Waals surface area contributed by atoms with Gasteiger partial charge in [-0.3, -0.25) is 9.52 Å². The Morgan fingerprint density at radius 2 is 1.67 bits per heavy atom. The van der Waals surface area contributed by atoms with E-state index in [0.717, 1.165) is 11.8 Å². The number of hydrogen-bond acceptors (Lipinski definition) is 4. The first kappa shape index (κ1) is 20.2. The van der Waals surface area contributed by atoms with Crippen LogP contribution in [0.15, 0.2) is 42.5 Å². The highest BCUT2D eigenvalue weighted by atomic mass is 32.2. The lowest BCUT2D eigenvalue weighted by molar-refractivity contribution is -0.115. The highest BCUT2D eigenvalue weighted by molar-refractivity contribution is 7.92. The molecule has 144 valence electrons. The zero-order valence-corrected chi connectivity index (χ0v) is 16.1. The average Bonchev–Trinajstić information content (AvgIpc) is 2.55. The number of benzene rings is 2. The number of amides is 3. The molecule has 0 aliphatic rings. The van der Waals surface area contributed by atoms with Gasteiger partial charge in [0.15, 0.2) is 0 Å². The van der Waals surface area contributed by atoms with Gasteiger partial charge < -0.3 is 16.0 Å². The number of rotatable bonds is 6. The van der Waals surface area contributed by atoms with Gasteiger partial charge in [0.25, 0.3) is 0 Å². The summed E-state index contributed by atoms with van der Waals surface area (Å²) < 4.78 is 25.2. The molecule has 0 aromatic heterocycles. The first-order valence-corrected chi connectivity index (χ1v) is 10.0. The number of aryl methyl sites for hydroxylation is 2. The molecule has 2 aromatic carbocycles. The minimum atomic E-state index is -3.43. The molecule has 8 nitrogen and oxygen atoms in total. The quantitative estimate of drug-likeness (QED) is 0.606. The Kier molecular flexibility index (Phi) is 6.40. The Morgan fingerprint density at radius 1 is 0.963 bits per heavy atom. The number of sulfonamides is 1. The predicted molar refractivity (Wildman–Crippen MR) is 106 cm³/mol. The van der Waals surface area contributed by atoms with Crippen LogP contribution in [0, 0.1) is 13.8 Å². The largest absolute Gasteiger partial charge is 0.329 e. The van der Waals surface area contributed by atoms with E-state index in [0.29, 0.717) is 22.6 Å². The van der Waals surface area contributed by atoms with Crippen LogP contribution in [0.3, 0.4) is 0 Å². The summed E-state index contributed by atoms with van der Waals surface area (Å²) in [5.74, 6) is -0.441. The minimum absolute atomic E-state index is 0.236. The van der Waals surface area contributed by atoms with Gasteiger partial charge in [-0.2, -0.15) is 0 Å². The molecule has 0 bridgehead atoms. The first-order chi connectivity index (χ1) is 12.6. The van der Waals surface area contributed by atoms with Crippen LogP contribution in [-0.2, 0) is 14.8 Å². The summed E-state index contributed by atoms with van der Waals surface area (Å²) in [4.78, 5) is 23.9. The molecule has 27 heavy (non-hydrogen) atoms. The number of nitrogens with one attached hydrogen (secondary N) is 4. The van der Waals surface area contributed by atoms with E-state index in [1.165, 1.54) is 6.07 Å². The molecule has 0 unspecified atom stereocenters. The highest BCUT2D eigenvalue weighted by Gasteiger charge is 2.09. The Morgan fingerprint density at radius 3 is 2.33 bits per heavy atom. The van der Waals surface area contributed by atoms with Gasteiger partial charge in [0.1, 0.15) is 0 Å². The lowest BCUT2D eigenvalue weighted by atomic mass is 10.2. The molecule has 0 fully saturated rings. The standard InChI is InChI=1S/C18H22N4O4S/c1-12-5-4-6-14(9-12)21-18(24)19-11-17(23)20-15-8-7-13(2)16(10-15)22-27(3,25)26/h4-10,22H,11H2,1-3H3,(H,20,23)(H2,19,21,24). The minimum Gasteiger partial charge on any atom is -0.329 e. The van der Waals surface area contributed by atoms with E-state index in [1.54, 1.807) is 25.1 Å². The molecular weight excluding hydrogens is 368 g/mol. The second kappa shape index (κ2) is 8.54. The zero-order valence-electron chi connectivity index (χ0n) is 15.3. The summed E-state index contributed by atoms with van der Waals surface area (Å²) in [5, 5.41) is 7.71. The van der Waals surface area contributed by atoms with Crippen molar-refractivity contribution in [3.8, 4) is 0 Å². The van der Waals surface area contributed by atoms with Crippen molar-refractivity contribution in [3.63, 3.8) is 0 Å². The summed E-state index contributed by atoms with van der Waals surface area (Å²) in [6.07, 6.45) is 1.05. The van der Waals surface area contributed by atoms with Crippen LogP contribution >= 0.6 is 0 Å². The van der Waals surface area contributed by atoms with Gasteiger partial charge >= 0.3 is 6.03 Å². The lowest BCUT2D eigenvalue weighted by Crippen LogP contribution is -2.35. The molecule has 2 rings (SSSR count). The molecule has 0 atom stereocenters. The molecule has 2 aromatic rings. The smallest absolute Gasteiger partial charge is 0.319 e. The number of carbonyl (C=O) groups excluding carboxylic acids is 2. The molecule has 0 saturated carbocycles. The van der Waals surface area contributed by atoms with Crippen LogP contribution in [0.2, 0.25) is 0 Å². The number of urea groups is 1. The zero-order chi connectivity index (χ0) is 20.0. The predicted octanol–water partition coefficient (Wildman–Crippen LogP) is 2.44. The average molecular weight is 390 g/mol. The van der Waals surface area contributed by atoms with Crippen LogP contribution in [-0.4, -0.2) is 33.2 Å². The summed E-state index contributed by atoms with van der Waals surface area (Å²) in [7, 11) is -3.43. The Bertz CT molecular complexity index is 958. The molecule has 0 aliphatic carbocycles. The summed E-state index contributed by atoms with van der Waals surface area (Å²) in [5.41, 5.74) is 3.14. The number of anilines is 3. The maximum absolute atomic E-state index is 12.0. The Balaban J connectivity index is 1.90. The summed E-state index contributed by atoms with van der Waals surface area (Å²) in [6, 6.07) is 11.6. The van der Waals surface area contributed by atoms with Gasteiger partial charge in [-0.1, -0.05) is 18.2 Å². The van der Waals surface area contributed by atoms with Crippen molar-refractivity contribution in [1.82, 2.24) is 5.32 Å². The molecule has 0 spiro atoms. The monoisotopic (exact) mass is 390 g/mol. The van der Waals surface area contributed by atoms with Crippen LogP contribution < -0.4 is 20.7 Å². The van der Waals surface area contributed by atoms with E-state index < -0.39 is 22.0 Å². The van der Waals surface area contributed by atoms with Crippen LogP contribution in [0.4, 0.5) is 21.9 Å². The van der Waals surface area contributed by atoms with Gasteiger partial charge in [-0.15, -0.1) is 0 Å². The van der Waals surface area contributed by atoms with Crippen LogP contribution in [0.1, 0.15) is 11.1 Å². The number of carbonyl (C=O) groups is 2. The number of hydrogen-bond donors (Lipinski definition) is 4. The third kappa shape index (κ3) is 6.98. The van der Waals surface area contributed by atoms with Crippen molar-refractivity contribution >= 4 is 39.0 Å². The van der Waals surface area contributed by atoms with Crippen molar-refractivity contribution in [2.45, 2.75) is 13.8 Å². The molecule has 3 amide bonds. The lowest BCUT2D eigenvalue weighted by Gasteiger charge is -2.12. The second-order valence-electron chi connectivity index (χ2n) is 6.13. The van der Waals surface area contributed by atoms with Gasteiger partial charge in [0.05, 0.1) is 18.5 Å². The maximum atomic E-state index is 12.0. The Labute approximate surface area is 158 Å². The van der Waals surface area contributed by atoms with E-state index in [1.807, 2.05) is 25.1 Å². The third-order valence-corrected chi connectivity index (χ3v) is 4.09. The van der Waals surface area contributed by atoms with Gasteiger partial charge in [0, 0.05) is 11.4 Å². The highest BCUT2D eigenvalue weighted by Crippen LogP contribution is 2.21. The Hall–Kier alpha value is -3.07. The fraction of sp³-hybridized carbons (Fsp3) is 0.222. The van der Waals surface area contributed by atoms with Gasteiger partial charge in [0.2, 0.25) is 15.9 Å². The molecule has 0 aliphatic heterocycles. The molecular formula is C18H22N4O4S. The molecule has 0 radical (unpaired) electrons. The van der Waals surface area contributed by atoms with E-state index >= 15 is 0 Å². The maximum Gasteiger partial charge on any atom is 0.319 e.